The highest BCUT2D eigenvalue weighted by atomic mass is 16.4. The summed E-state index contributed by atoms with van der Waals surface area (Å²) in [6.07, 6.45) is 3.08. The molecule has 1 aliphatic heterocycles. The van der Waals surface area contributed by atoms with Crippen LogP contribution in [0.3, 0.4) is 0 Å². The molecule has 0 spiro atoms. The molecule has 1 aromatic carbocycles. The van der Waals surface area contributed by atoms with Gasteiger partial charge in [0.25, 0.3) is 0 Å². The number of likely N-dealkylation sites (tertiary alicyclic amines) is 1. The van der Waals surface area contributed by atoms with E-state index in [9.17, 15) is 4.79 Å². The molecule has 1 aliphatic rings. The third-order valence-electron chi connectivity index (χ3n) is 3.94. The SMILES string of the molecule is O=C(O)CC1CCN(Cc2cccc3cccnc23)C1. The highest BCUT2D eigenvalue weighted by molar-refractivity contribution is 5.81. The Labute approximate surface area is 118 Å². The van der Waals surface area contributed by atoms with E-state index < -0.39 is 5.97 Å². The van der Waals surface area contributed by atoms with Gasteiger partial charge in [0, 0.05) is 31.1 Å². The minimum Gasteiger partial charge on any atom is -0.481 e. The van der Waals surface area contributed by atoms with Crippen molar-refractivity contribution in [1.29, 1.82) is 0 Å². The van der Waals surface area contributed by atoms with E-state index in [1.54, 1.807) is 0 Å². The van der Waals surface area contributed by atoms with E-state index >= 15 is 0 Å². The van der Waals surface area contributed by atoms with Crippen LogP contribution in [-0.2, 0) is 11.3 Å². The molecule has 0 amide bonds. The molecule has 0 bridgehead atoms. The van der Waals surface area contributed by atoms with E-state index in [4.69, 9.17) is 5.11 Å². The smallest absolute Gasteiger partial charge is 0.303 e. The predicted octanol–water partition coefficient (Wildman–Crippen LogP) is 2.53. The lowest BCUT2D eigenvalue weighted by molar-refractivity contribution is -0.138. The zero-order chi connectivity index (χ0) is 13.9. The topological polar surface area (TPSA) is 53.4 Å². The molecule has 3 rings (SSSR count). The molecular weight excluding hydrogens is 252 g/mol. The Balaban J connectivity index is 1.73. The average molecular weight is 270 g/mol. The number of nitrogens with zero attached hydrogens (tertiary/aromatic N) is 2. The van der Waals surface area contributed by atoms with E-state index in [-0.39, 0.29) is 12.3 Å². The summed E-state index contributed by atoms with van der Waals surface area (Å²) < 4.78 is 0. The van der Waals surface area contributed by atoms with Crippen molar-refractivity contribution in [3.63, 3.8) is 0 Å². The number of hydrogen-bond acceptors (Lipinski definition) is 3. The number of rotatable bonds is 4. The Kier molecular flexibility index (Phi) is 3.65. The van der Waals surface area contributed by atoms with Crippen LogP contribution in [0.25, 0.3) is 10.9 Å². The summed E-state index contributed by atoms with van der Waals surface area (Å²) in [7, 11) is 0. The van der Waals surface area contributed by atoms with E-state index in [1.807, 2.05) is 12.3 Å². The third-order valence-corrected chi connectivity index (χ3v) is 3.94. The predicted molar refractivity (Wildman–Crippen MR) is 77.4 cm³/mol. The number of pyridine rings is 1. The van der Waals surface area contributed by atoms with E-state index in [1.165, 1.54) is 5.56 Å². The minimum absolute atomic E-state index is 0.282. The first-order chi connectivity index (χ1) is 9.72. The number of carboxylic acids is 1. The molecule has 1 aromatic heterocycles. The molecule has 2 aromatic rings. The fourth-order valence-electron chi connectivity index (χ4n) is 3.01. The summed E-state index contributed by atoms with van der Waals surface area (Å²) in [4.78, 5) is 17.6. The van der Waals surface area contributed by atoms with E-state index in [0.29, 0.717) is 0 Å². The van der Waals surface area contributed by atoms with Crippen molar-refractivity contribution >= 4 is 16.9 Å². The summed E-state index contributed by atoms with van der Waals surface area (Å²) in [5, 5.41) is 10.0. The van der Waals surface area contributed by atoms with Crippen LogP contribution in [0.5, 0.6) is 0 Å². The van der Waals surface area contributed by atoms with Crippen LogP contribution in [0.4, 0.5) is 0 Å². The zero-order valence-corrected chi connectivity index (χ0v) is 11.3. The molecule has 20 heavy (non-hydrogen) atoms. The number of aliphatic carboxylic acids is 1. The van der Waals surface area contributed by atoms with Crippen LogP contribution < -0.4 is 0 Å². The second-order valence-electron chi connectivity index (χ2n) is 5.48. The van der Waals surface area contributed by atoms with Gasteiger partial charge in [0.1, 0.15) is 0 Å². The number of hydrogen-bond donors (Lipinski definition) is 1. The Hall–Kier alpha value is -1.94. The number of aromatic nitrogens is 1. The molecule has 1 N–H and O–H groups in total. The molecule has 104 valence electrons. The van der Waals surface area contributed by atoms with E-state index in [0.717, 1.165) is 37.0 Å². The van der Waals surface area contributed by atoms with Crippen LogP contribution in [0.1, 0.15) is 18.4 Å². The first-order valence-electron chi connectivity index (χ1n) is 6.99. The fourth-order valence-corrected chi connectivity index (χ4v) is 3.01. The molecule has 2 heterocycles. The zero-order valence-electron chi connectivity index (χ0n) is 11.3. The fraction of sp³-hybridized carbons (Fsp3) is 0.375. The summed E-state index contributed by atoms with van der Waals surface area (Å²) in [6, 6.07) is 10.3. The van der Waals surface area contributed by atoms with Crippen molar-refractivity contribution in [2.24, 2.45) is 5.92 Å². The monoisotopic (exact) mass is 270 g/mol. The maximum Gasteiger partial charge on any atom is 0.303 e. The molecule has 1 fully saturated rings. The van der Waals surface area contributed by atoms with Gasteiger partial charge in [-0.3, -0.25) is 14.7 Å². The van der Waals surface area contributed by atoms with Gasteiger partial charge in [0.05, 0.1) is 5.52 Å². The molecule has 0 saturated carbocycles. The van der Waals surface area contributed by atoms with Crippen molar-refractivity contribution in [2.45, 2.75) is 19.4 Å². The Morgan fingerprint density at radius 3 is 3.05 bits per heavy atom. The summed E-state index contributed by atoms with van der Waals surface area (Å²) in [6.45, 7) is 2.70. The minimum atomic E-state index is -0.691. The van der Waals surface area contributed by atoms with Crippen LogP contribution in [0.2, 0.25) is 0 Å². The van der Waals surface area contributed by atoms with Gasteiger partial charge < -0.3 is 5.11 Å². The molecule has 4 heteroatoms. The highest BCUT2D eigenvalue weighted by Gasteiger charge is 2.24. The van der Waals surface area contributed by atoms with Crippen molar-refractivity contribution in [3.05, 3.63) is 42.1 Å². The quantitative estimate of drug-likeness (QED) is 0.927. The van der Waals surface area contributed by atoms with Gasteiger partial charge in [-0.15, -0.1) is 0 Å². The summed E-state index contributed by atoms with van der Waals surface area (Å²) >= 11 is 0. The Morgan fingerprint density at radius 2 is 2.20 bits per heavy atom. The van der Waals surface area contributed by atoms with Gasteiger partial charge >= 0.3 is 5.97 Å². The Bertz CT molecular complexity index is 621. The average Bonchev–Trinajstić information content (AvgIpc) is 2.86. The molecule has 0 radical (unpaired) electrons. The van der Waals surface area contributed by atoms with E-state index in [2.05, 4.69) is 34.1 Å². The van der Waals surface area contributed by atoms with Crippen LogP contribution >= 0.6 is 0 Å². The van der Waals surface area contributed by atoms with Crippen LogP contribution in [0.15, 0.2) is 36.5 Å². The normalized spacial score (nSPS) is 19.5. The van der Waals surface area contributed by atoms with Gasteiger partial charge in [0.2, 0.25) is 0 Å². The lowest BCUT2D eigenvalue weighted by atomic mass is 10.1. The van der Waals surface area contributed by atoms with Crippen LogP contribution in [0, 0.1) is 5.92 Å². The molecular formula is C16H18N2O2. The van der Waals surface area contributed by atoms with Gasteiger partial charge in [-0.1, -0.05) is 24.3 Å². The van der Waals surface area contributed by atoms with Crippen molar-refractivity contribution in [1.82, 2.24) is 9.88 Å². The third kappa shape index (κ3) is 2.80. The second-order valence-corrected chi connectivity index (χ2v) is 5.48. The summed E-state index contributed by atoms with van der Waals surface area (Å²) in [5.41, 5.74) is 2.27. The number of carbonyl (C=O) groups is 1. The number of benzene rings is 1. The molecule has 1 saturated heterocycles. The first-order valence-corrected chi connectivity index (χ1v) is 6.99. The van der Waals surface area contributed by atoms with Gasteiger partial charge in [-0.25, -0.2) is 0 Å². The van der Waals surface area contributed by atoms with Crippen molar-refractivity contribution < 1.29 is 9.90 Å². The largest absolute Gasteiger partial charge is 0.481 e. The lowest BCUT2D eigenvalue weighted by Gasteiger charge is -2.16. The first kappa shape index (κ1) is 13.1. The second kappa shape index (κ2) is 5.59. The Morgan fingerprint density at radius 1 is 1.35 bits per heavy atom. The van der Waals surface area contributed by atoms with Gasteiger partial charge in [-0.05, 0) is 30.5 Å². The van der Waals surface area contributed by atoms with Crippen molar-refractivity contribution in [3.8, 4) is 0 Å². The van der Waals surface area contributed by atoms with Crippen molar-refractivity contribution in [2.75, 3.05) is 13.1 Å². The van der Waals surface area contributed by atoms with Crippen LogP contribution in [-0.4, -0.2) is 34.0 Å². The standard InChI is InChI=1S/C16H18N2O2/c19-15(20)9-12-6-8-18(10-12)11-14-4-1-3-13-5-2-7-17-16(13)14/h1-5,7,12H,6,8-11H2,(H,19,20). The van der Waals surface area contributed by atoms with Gasteiger partial charge in [0.15, 0.2) is 0 Å². The number of fused-ring (bicyclic) bond motifs is 1. The highest BCUT2D eigenvalue weighted by Crippen LogP contribution is 2.24. The summed E-state index contributed by atoms with van der Waals surface area (Å²) in [5.74, 6) is -0.404. The molecule has 4 nitrogen and oxygen atoms in total. The lowest BCUT2D eigenvalue weighted by Crippen LogP contribution is -2.21. The molecule has 1 atom stereocenters. The molecule has 1 unspecified atom stereocenters. The maximum atomic E-state index is 10.8. The molecule has 0 aliphatic carbocycles. The number of carboxylic acid groups (broad SMARTS) is 1. The number of para-hydroxylation sites is 1. The van der Waals surface area contributed by atoms with Gasteiger partial charge in [-0.2, -0.15) is 0 Å². The maximum absolute atomic E-state index is 10.8.